The monoisotopic (exact) mass is 868 g/mol. The topological polar surface area (TPSA) is 0 Å². The Hall–Kier alpha value is -4.46. The molecule has 2 atom stereocenters. The fourth-order valence-corrected chi connectivity index (χ4v) is 36.4. The molecule has 3 aliphatic carbocycles. The molecule has 6 aromatic rings. The van der Waals surface area contributed by atoms with E-state index in [-0.39, 0.29) is 0 Å². The third kappa shape index (κ3) is 5.36. The van der Waals surface area contributed by atoms with Crippen LogP contribution in [0.4, 0.5) is 0 Å². The van der Waals surface area contributed by atoms with E-state index in [0.29, 0.717) is 7.35 Å². The van der Waals surface area contributed by atoms with Gasteiger partial charge in [-0.2, -0.15) is 0 Å². The van der Waals surface area contributed by atoms with Gasteiger partial charge in [0.1, 0.15) is 0 Å². The average Bonchev–Trinajstić information content (AvgIpc) is 3.97. The molecule has 6 aromatic carbocycles. The first-order chi connectivity index (χ1) is 26.2. The van der Waals surface area contributed by atoms with Gasteiger partial charge >= 0.3 is 326 Å². The first-order valence-corrected chi connectivity index (χ1v) is 33.3. The molecule has 0 radical (unpaired) electrons. The zero-order valence-corrected chi connectivity index (χ0v) is 36.4. The molecule has 0 bridgehead atoms. The van der Waals surface area contributed by atoms with Crippen molar-refractivity contribution in [3.63, 3.8) is 0 Å². The summed E-state index contributed by atoms with van der Waals surface area (Å²) in [6.07, 6.45) is 15.6. The summed E-state index contributed by atoms with van der Waals surface area (Å²) in [6.45, 7) is 9.02. The van der Waals surface area contributed by atoms with Crippen molar-refractivity contribution in [1.82, 2.24) is 0 Å². The molecule has 0 aromatic heterocycles. The van der Waals surface area contributed by atoms with E-state index in [9.17, 15) is 0 Å². The van der Waals surface area contributed by atoms with Crippen LogP contribution in [0, 0.1) is 27.7 Å². The van der Waals surface area contributed by atoms with E-state index in [2.05, 4.69) is 183 Å². The first kappa shape index (κ1) is 35.3. The molecule has 2 unspecified atom stereocenters. The van der Waals surface area contributed by atoms with Crippen LogP contribution >= 0.6 is 0 Å². The van der Waals surface area contributed by atoms with Gasteiger partial charge in [-0.05, 0) is 0 Å². The third-order valence-corrected chi connectivity index (χ3v) is 41.2. The summed E-state index contributed by atoms with van der Waals surface area (Å²) in [5, 5.41) is 0. The zero-order chi connectivity index (χ0) is 37.2. The second-order valence-electron chi connectivity index (χ2n) is 17.3. The van der Waals surface area contributed by atoms with E-state index in [1.165, 1.54) is 104 Å². The molecule has 1 saturated carbocycles. The van der Waals surface area contributed by atoms with E-state index in [1.807, 2.05) is 3.26 Å². The Balaban J connectivity index is 1.20. The zero-order valence-electron chi connectivity index (χ0n) is 32.8. The van der Waals surface area contributed by atoms with Crippen LogP contribution in [0.3, 0.4) is 0 Å². The fraction of sp³-hybridized carbons (Fsp3) is 0.226. The molecule has 0 nitrogen and oxygen atoms in total. The number of benzene rings is 6. The van der Waals surface area contributed by atoms with Crippen molar-refractivity contribution in [2.24, 2.45) is 0 Å². The maximum absolute atomic E-state index is 4.11. The van der Waals surface area contributed by atoms with Gasteiger partial charge < -0.3 is 0 Å². The fourth-order valence-electron chi connectivity index (χ4n) is 11.3. The number of hydrogen-bond acceptors (Lipinski definition) is 0. The quantitative estimate of drug-likeness (QED) is 0.146. The molecule has 268 valence electrons. The standard InChI is InChI=1S/2C23H19.C5H8.2CH3.Hf/c2*1-16-8-5-9-17(2)23(16)22-13-4-3-12-21(22)20-15-7-11-18-10-6-14-19(18)20;1-2-4-5-3-1;;;/h2*3-15H,1-2H3;1-4H2;2*1H3;. The van der Waals surface area contributed by atoms with Crippen molar-refractivity contribution < 1.29 is 18.0 Å². The minimum absolute atomic E-state index is 0.462. The molecule has 0 heterocycles. The Labute approximate surface area is 323 Å². The molecular weight excluding hydrogens is 815 g/mol. The Kier molecular flexibility index (Phi) is 8.74. The maximum atomic E-state index is 2.85. The molecule has 0 amide bonds. The van der Waals surface area contributed by atoms with Crippen LogP contribution < -0.4 is 0 Å². The summed E-state index contributed by atoms with van der Waals surface area (Å²) in [4.78, 5) is 0. The summed E-state index contributed by atoms with van der Waals surface area (Å²) in [7, 11) is 0. The van der Waals surface area contributed by atoms with Gasteiger partial charge in [-0.15, -0.1) is 0 Å². The first-order valence-electron chi connectivity index (χ1n) is 20.2. The number of rotatable bonds is 6. The van der Waals surface area contributed by atoms with Crippen LogP contribution in [0.25, 0.3) is 56.7 Å². The molecule has 0 N–H and O–H groups in total. The SMILES string of the molecule is Cc1cccc(C)c1-c1ccccc1-c1cccc2c1C=C[CH]2[Hf]([CH3])([CH3])(=[C]1CCCC1)[CH]1C=Cc2c(-c3ccccc3-c3c(C)cccc3C)cccc21. The second-order valence-corrected chi connectivity index (χ2v) is 43.1. The number of hydrogen-bond donors (Lipinski definition) is 0. The Morgan fingerprint density at radius 3 is 1.17 bits per heavy atom. The van der Waals surface area contributed by atoms with Crippen molar-refractivity contribution in [1.29, 1.82) is 0 Å². The van der Waals surface area contributed by atoms with Crippen molar-refractivity contribution in [2.45, 2.75) is 70.1 Å². The van der Waals surface area contributed by atoms with Gasteiger partial charge in [0.15, 0.2) is 0 Å². The average molecular weight is 867 g/mol. The van der Waals surface area contributed by atoms with Crippen LogP contribution in [0.1, 0.15) is 77.5 Å². The van der Waals surface area contributed by atoms with Gasteiger partial charge in [0, 0.05) is 0 Å². The molecule has 0 aliphatic heterocycles. The van der Waals surface area contributed by atoms with E-state index < -0.39 is 18.0 Å². The number of fused-ring (bicyclic) bond motifs is 2. The normalized spacial score (nSPS) is 17.6. The second kappa shape index (κ2) is 13.4. The summed E-state index contributed by atoms with van der Waals surface area (Å²) in [5.74, 6) is 0. The van der Waals surface area contributed by atoms with Gasteiger partial charge in [-0.25, -0.2) is 0 Å². The Morgan fingerprint density at radius 2 is 0.759 bits per heavy atom. The van der Waals surface area contributed by atoms with Crippen molar-refractivity contribution in [2.75, 3.05) is 0 Å². The molecule has 1 fully saturated rings. The number of allylic oxidation sites excluding steroid dienone is 2. The Bertz CT molecular complexity index is 2400. The van der Waals surface area contributed by atoms with Crippen LogP contribution in [0.15, 0.2) is 133 Å². The van der Waals surface area contributed by atoms with Gasteiger partial charge in [0.25, 0.3) is 0 Å². The predicted octanol–water partition coefficient (Wildman–Crippen LogP) is 15.0. The molecular formula is C53H52Hf. The van der Waals surface area contributed by atoms with E-state index in [1.54, 1.807) is 11.1 Å². The van der Waals surface area contributed by atoms with E-state index in [0.717, 1.165) is 0 Å². The van der Waals surface area contributed by atoms with Crippen molar-refractivity contribution in [3.8, 4) is 44.5 Å². The van der Waals surface area contributed by atoms with Crippen LogP contribution in [0.5, 0.6) is 0 Å². The molecule has 0 saturated heterocycles. The molecule has 9 rings (SSSR count). The van der Waals surface area contributed by atoms with Crippen LogP contribution in [-0.4, -0.2) is 3.26 Å². The van der Waals surface area contributed by atoms with Crippen molar-refractivity contribution in [3.05, 3.63) is 178 Å². The number of aryl methyl sites for hydroxylation is 4. The molecule has 1 heteroatoms. The third-order valence-electron chi connectivity index (χ3n) is 14.0. The minimum atomic E-state index is -4.11. The molecule has 0 spiro atoms. The molecule has 3 aliphatic rings. The van der Waals surface area contributed by atoms with Crippen LogP contribution in [0.2, 0.25) is 9.36 Å². The van der Waals surface area contributed by atoms with Gasteiger partial charge in [0.2, 0.25) is 0 Å². The van der Waals surface area contributed by atoms with Crippen molar-refractivity contribution >= 4 is 15.4 Å². The van der Waals surface area contributed by atoms with E-state index in [4.69, 9.17) is 0 Å². The summed E-state index contributed by atoms with van der Waals surface area (Å²) >= 11 is -4.11. The predicted molar refractivity (Wildman–Crippen MR) is 232 cm³/mol. The van der Waals surface area contributed by atoms with Gasteiger partial charge in [-0.1, -0.05) is 0 Å². The van der Waals surface area contributed by atoms with Gasteiger partial charge in [-0.3, -0.25) is 0 Å². The summed E-state index contributed by atoms with van der Waals surface area (Å²) in [5.41, 5.74) is 22.1. The van der Waals surface area contributed by atoms with E-state index >= 15 is 0 Å². The molecule has 54 heavy (non-hydrogen) atoms. The van der Waals surface area contributed by atoms with Crippen LogP contribution in [-0.2, 0) is 18.0 Å². The summed E-state index contributed by atoms with van der Waals surface area (Å²) < 4.78 is 8.56. The summed E-state index contributed by atoms with van der Waals surface area (Å²) in [6, 6.07) is 46.0. The van der Waals surface area contributed by atoms with Gasteiger partial charge in [0.05, 0.1) is 0 Å². The Morgan fingerprint density at radius 1 is 0.407 bits per heavy atom.